The molecule has 0 aliphatic carbocycles. The fourth-order valence-corrected chi connectivity index (χ4v) is 2.00. The molecule has 5 nitrogen and oxygen atoms in total. The van der Waals surface area contributed by atoms with Crippen molar-refractivity contribution in [2.45, 2.75) is 32.9 Å². The molecule has 1 rings (SSSR count). The second kappa shape index (κ2) is 6.54. The third-order valence-electron chi connectivity index (χ3n) is 3.00. The summed E-state index contributed by atoms with van der Waals surface area (Å²) in [5, 5.41) is 21.7. The molecule has 0 aliphatic rings. The van der Waals surface area contributed by atoms with Gasteiger partial charge in [0.2, 0.25) is 0 Å². The SMILES string of the molecule is COc1c(C)cc(C)cc1C(O)CNC(C)C(=O)O. The van der Waals surface area contributed by atoms with Crippen molar-refractivity contribution in [3.05, 3.63) is 28.8 Å². The highest BCUT2D eigenvalue weighted by atomic mass is 16.5. The van der Waals surface area contributed by atoms with E-state index in [4.69, 9.17) is 9.84 Å². The van der Waals surface area contributed by atoms with E-state index in [1.54, 1.807) is 7.11 Å². The maximum Gasteiger partial charge on any atom is 0.320 e. The number of methoxy groups -OCH3 is 1. The van der Waals surface area contributed by atoms with Gasteiger partial charge in [-0.25, -0.2) is 0 Å². The van der Waals surface area contributed by atoms with E-state index in [1.165, 1.54) is 6.92 Å². The van der Waals surface area contributed by atoms with Gasteiger partial charge in [0.05, 0.1) is 13.2 Å². The zero-order valence-corrected chi connectivity index (χ0v) is 11.7. The van der Waals surface area contributed by atoms with Gasteiger partial charge in [0.15, 0.2) is 0 Å². The lowest BCUT2D eigenvalue weighted by atomic mass is 10.0. The number of aliphatic carboxylic acids is 1. The van der Waals surface area contributed by atoms with Gasteiger partial charge >= 0.3 is 5.97 Å². The Morgan fingerprint density at radius 2 is 2.05 bits per heavy atom. The van der Waals surface area contributed by atoms with Crippen molar-refractivity contribution in [3.63, 3.8) is 0 Å². The predicted molar refractivity (Wildman–Crippen MR) is 72.5 cm³/mol. The van der Waals surface area contributed by atoms with E-state index in [1.807, 2.05) is 26.0 Å². The number of hydrogen-bond acceptors (Lipinski definition) is 4. The van der Waals surface area contributed by atoms with E-state index in [0.717, 1.165) is 11.1 Å². The molecule has 0 spiro atoms. The summed E-state index contributed by atoms with van der Waals surface area (Å²) >= 11 is 0. The summed E-state index contributed by atoms with van der Waals surface area (Å²) in [6, 6.07) is 3.12. The van der Waals surface area contributed by atoms with Gasteiger partial charge in [-0.3, -0.25) is 4.79 Å². The molecule has 3 N–H and O–H groups in total. The number of ether oxygens (including phenoxy) is 1. The van der Waals surface area contributed by atoms with Gasteiger partial charge in [-0.05, 0) is 32.4 Å². The molecule has 2 atom stereocenters. The molecule has 0 heterocycles. The van der Waals surface area contributed by atoms with Crippen molar-refractivity contribution in [3.8, 4) is 5.75 Å². The maximum absolute atomic E-state index is 10.7. The van der Waals surface area contributed by atoms with Gasteiger partial charge in [-0.2, -0.15) is 0 Å². The smallest absolute Gasteiger partial charge is 0.320 e. The van der Waals surface area contributed by atoms with E-state index in [2.05, 4.69) is 5.32 Å². The monoisotopic (exact) mass is 267 g/mol. The Balaban J connectivity index is 2.87. The van der Waals surface area contributed by atoms with Crippen LogP contribution in [0.5, 0.6) is 5.75 Å². The third kappa shape index (κ3) is 3.94. The first kappa shape index (κ1) is 15.5. The molecule has 0 fully saturated rings. The second-order valence-corrected chi connectivity index (χ2v) is 4.69. The molecule has 1 aromatic rings. The lowest BCUT2D eigenvalue weighted by Crippen LogP contribution is -2.36. The van der Waals surface area contributed by atoms with Gasteiger partial charge in [0, 0.05) is 12.1 Å². The fourth-order valence-electron chi connectivity index (χ4n) is 2.00. The lowest BCUT2D eigenvalue weighted by molar-refractivity contribution is -0.139. The van der Waals surface area contributed by atoms with Crippen LogP contribution in [0.25, 0.3) is 0 Å². The summed E-state index contributed by atoms with van der Waals surface area (Å²) in [6.45, 7) is 5.55. The Hall–Kier alpha value is -1.59. The van der Waals surface area contributed by atoms with Crippen molar-refractivity contribution in [2.75, 3.05) is 13.7 Å². The van der Waals surface area contributed by atoms with Gasteiger partial charge in [-0.15, -0.1) is 0 Å². The standard InChI is InChI=1S/C14H21NO4/c1-8-5-9(2)13(19-4)11(6-8)12(16)7-15-10(3)14(17)18/h5-6,10,12,15-16H,7H2,1-4H3,(H,17,18). The quantitative estimate of drug-likeness (QED) is 0.726. The Kier molecular flexibility index (Phi) is 5.32. The van der Waals surface area contributed by atoms with E-state index in [9.17, 15) is 9.90 Å². The number of carboxylic acids is 1. The molecule has 0 saturated carbocycles. The summed E-state index contributed by atoms with van der Waals surface area (Å²) in [4.78, 5) is 10.7. The van der Waals surface area contributed by atoms with Crippen LogP contribution in [0.3, 0.4) is 0 Å². The van der Waals surface area contributed by atoms with Crippen LogP contribution in [0.1, 0.15) is 29.7 Å². The normalized spacial score (nSPS) is 13.9. The van der Waals surface area contributed by atoms with Crippen LogP contribution in [0.15, 0.2) is 12.1 Å². The molecular formula is C14H21NO4. The number of benzene rings is 1. The van der Waals surface area contributed by atoms with Crippen LogP contribution in [0.4, 0.5) is 0 Å². The minimum Gasteiger partial charge on any atom is -0.496 e. The van der Waals surface area contributed by atoms with Gasteiger partial charge in [0.25, 0.3) is 0 Å². The van der Waals surface area contributed by atoms with Crippen LogP contribution >= 0.6 is 0 Å². The second-order valence-electron chi connectivity index (χ2n) is 4.69. The van der Waals surface area contributed by atoms with Crippen LogP contribution in [0, 0.1) is 13.8 Å². The molecule has 106 valence electrons. The largest absolute Gasteiger partial charge is 0.496 e. The average molecular weight is 267 g/mol. The minimum absolute atomic E-state index is 0.159. The lowest BCUT2D eigenvalue weighted by Gasteiger charge is -2.19. The maximum atomic E-state index is 10.7. The molecule has 0 amide bonds. The zero-order valence-electron chi connectivity index (χ0n) is 11.7. The van der Waals surface area contributed by atoms with Gasteiger partial charge < -0.3 is 20.3 Å². The number of aliphatic hydroxyl groups is 1. The molecule has 19 heavy (non-hydrogen) atoms. The molecule has 0 aromatic heterocycles. The van der Waals surface area contributed by atoms with Crippen molar-refractivity contribution in [1.82, 2.24) is 5.32 Å². The van der Waals surface area contributed by atoms with Crippen LogP contribution in [0.2, 0.25) is 0 Å². The molecule has 5 heteroatoms. The Bertz CT molecular complexity index is 459. The first-order valence-corrected chi connectivity index (χ1v) is 6.16. The minimum atomic E-state index is -0.945. The first-order chi connectivity index (χ1) is 8.86. The number of carbonyl (C=O) groups is 1. The number of rotatable bonds is 6. The number of aryl methyl sites for hydroxylation is 2. The Morgan fingerprint density at radius 1 is 1.42 bits per heavy atom. The molecule has 0 aliphatic heterocycles. The Labute approximate surface area is 113 Å². The molecule has 0 radical (unpaired) electrons. The summed E-state index contributed by atoms with van der Waals surface area (Å²) < 4.78 is 5.30. The first-order valence-electron chi connectivity index (χ1n) is 6.16. The van der Waals surface area contributed by atoms with E-state index >= 15 is 0 Å². The van der Waals surface area contributed by atoms with Crippen molar-refractivity contribution in [2.24, 2.45) is 0 Å². The number of nitrogens with one attached hydrogen (secondary N) is 1. The molecule has 0 saturated heterocycles. The Morgan fingerprint density at radius 3 is 2.58 bits per heavy atom. The van der Waals surface area contributed by atoms with Crippen LogP contribution in [-0.4, -0.2) is 35.9 Å². The summed E-state index contributed by atoms with van der Waals surface area (Å²) in [6.07, 6.45) is -0.810. The predicted octanol–water partition coefficient (Wildman–Crippen LogP) is 1.41. The molecule has 0 bridgehead atoms. The van der Waals surface area contributed by atoms with Crippen molar-refractivity contribution < 1.29 is 19.7 Å². The topological polar surface area (TPSA) is 78.8 Å². The summed E-state index contributed by atoms with van der Waals surface area (Å²) in [5.41, 5.74) is 2.64. The van der Waals surface area contributed by atoms with Gasteiger partial charge in [-0.1, -0.05) is 11.6 Å². The molecule has 2 unspecified atom stereocenters. The number of aliphatic hydroxyl groups excluding tert-OH is 1. The third-order valence-corrected chi connectivity index (χ3v) is 3.00. The van der Waals surface area contributed by atoms with Gasteiger partial charge in [0.1, 0.15) is 11.8 Å². The average Bonchev–Trinajstić information content (AvgIpc) is 2.34. The number of carboxylic acid groups (broad SMARTS) is 1. The van der Waals surface area contributed by atoms with Crippen molar-refractivity contribution in [1.29, 1.82) is 0 Å². The zero-order chi connectivity index (χ0) is 14.6. The number of hydrogen-bond donors (Lipinski definition) is 3. The van der Waals surface area contributed by atoms with E-state index in [0.29, 0.717) is 11.3 Å². The fraction of sp³-hybridized carbons (Fsp3) is 0.500. The summed E-state index contributed by atoms with van der Waals surface area (Å²) in [7, 11) is 1.56. The van der Waals surface area contributed by atoms with Crippen molar-refractivity contribution >= 4 is 5.97 Å². The molecular weight excluding hydrogens is 246 g/mol. The van der Waals surface area contributed by atoms with E-state index < -0.39 is 18.1 Å². The van der Waals surface area contributed by atoms with E-state index in [-0.39, 0.29) is 6.54 Å². The highest BCUT2D eigenvalue weighted by Crippen LogP contribution is 2.29. The van der Waals surface area contributed by atoms with Crippen LogP contribution in [-0.2, 0) is 4.79 Å². The highest BCUT2D eigenvalue weighted by Gasteiger charge is 2.18. The highest BCUT2D eigenvalue weighted by molar-refractivity contribution is 5.72. The molecule has 1 aromatic carbocycles. The van der Waals surface area contributed by atoms with Crippen LogP contribution < -0.4 is 10.1 Å². The summed E-state index contributed by atoms with van der Waals surface area (Å²) in [5.74, 6) is -0.303.